The molecule has 0 saturated heterocycles. The Hall–Kier alpha value is -1.56. The first kappa shape index (κ1) is 25.5. The van der Waals surface area contributed by atoms with Crippen molar-refractivity contribution in [2.45, 2.75) is 129 Å². The van der Waals surface area contributed by atoms with Crippen LogP contribution in [0.5, 0.6) is 0 Å². The van der Waals surface area contributed by atoms with Crippen LogP contribution in [-0.2, 0) is 0 Å². The minimum atomic E-state index is 0.597. The van der Waals surface area contributed by atoms with Gasteiger partial charge in [-0.05, 0) is 103 Å². The molecule has 34 heavy (non-hydrogen) atoms. The number of hydrogen-bond acceptors (Lipinski definition) is 0. The standard InChI is InChI=1S/C34H50/c1-4-6-7-8-9-24-34(3)25-22-33(23-26-34)32-20-18-31(19-21-32)30-16-14-29(15-17-30)28-12-10-27(5-2)11-13-28/h14-21,27-28,33H,4-13,22-26H2,1-3H3. The minimum absolute atomic E-state index is 0.597. The lowest BCUT2D eigenvalue weighted by Crippen LogP contribution is -2.23. The number of unbranched alkanes of at least 4 members (excludes halogenated alkanes) is 4. The molecule has 0 nitrogen and oxygen atoms in total. The highest BCUT2D eigenvalue weighted by Crippen LogP contribution is 2.46. The van der Waals surface area contributed by atoms with Crippen LogP contribution in [0.15, 0.2) is 48.5 Å². The molecule has 2 fully saturated rings. The maximum Gasteiger partial charge on any atom is -0.0162 e. The van der Waals surface area contributed by atoms with E-state index in [1.807, 2.05) is 0 Å². The van der Waals surface area contributed by atoms with E-state index >= 15 is 0 Å². The fourth-order valence-electron chi connectivity index (χ4n) is 6.85. The molecule has 186 valence electrons. The van der Waals surface area contributed by atoms with Crippen LogP contribution in [0.3, 0.4) is 0 Å². The average Bonchev–Trinajstić information content (AvgIpc) is 2.89. The molecule has 2 saturated carbocycles. The lowest BCUT2D eigenvalue weighted by molar-refractivity contribution is 0.177. The summed E-state index contributed by atoms with van der Waals surface area (Å²) in [7, 11) is 0. The van der Waals surface area contributed by atoms with Crippen molar-refractivity contribution < 1.29 is 0 Å². The second kappa shape index (κ2) is 12.4. The Labute approximate surface area is 211 Å². The molecular formula is C34H50. The molecule has 2 aliphatic carbocycles. The third kappa shape index (κ3) is 6.77. The van der Waals surface area contributed by atoms with Crippen molar-refractivity contribution in [2.24, 2.45) is 11.3 Å². The van der Waals surface area contributed by atoms with Crippen molar-refractivity contribution in [3.63, 3.8) is 0 Å². The summed E-state index contributed by atoms with van der Waals surface area (Å²) >= 11 is 0. The highest BCUT2D eigenvalue weighted by molar-refractivity contribution is 5.64. The summed E-state index contributed by atoms with van der Waals surface area (Å²) in [5.74, 6) is 2.53. The van der Waals surface area contributed by atoms with Crippen LogP contribution >= 0.6 is 0 Å². The Morgan fingerprint density at radius 2 is 1.12 bits per heavy atom. The molecule has 0 bridgehead atoms. The summed E-state index contributed by atoms with van der Waals surface area (Å²) in [6, 6.07) is 19.1. The molecule has 0 heterocycles. The van der Waals surface area contributed by atoms with Gasteiger partial charge < -0.3 is 0 Å². The highest BCUT2D eigenvalue weighted by Gasteiger charge is 2.31. The Morgan fingerprint density at radius 1 is 0.618 bits per heavy atom. The third-order valence-electron chi connectivity index (χ3n) is 9.60. The summed E-state index contributed by atoms with van der Waals surface area (Å²) in [5.41, 5.74) is 6.47. The van der Waals surface area contributed by atoms with Gasteiger partial charge >= 0.3 is 0 Å². The Morgan fingerprint density at radius 3 is 1.62 bits per heavy atom. The number of benzene rings is 2. The molecule has 0 N–H and O–H groups in total. The van der Waals surface area contributed by atoms with Crippen LogP contribution in [0.1, 0.15) is 140 Å². The normalized spacial score (nSPS) is 27.6. The van der Waals surface area contributed by atoms with Gasteiger partial charge in [-0.25, -0.2) is 0 Å². The van der Waals surface area contributed by atoms with Crippen molar-refractivity contribution in [1.82, 2.24) is 0 Å². The maximum atomic E-state index is 2.56. The molecular weight excluding hydrogens is 408 g/mol. The van der Waals surface area contributed by atoms with Gasteiger partial charge in [-0.3, -0.25) is 0 Å². The van der Waals surface area contributed by atoms with Gasteiger partial charge in [0.25, 0.3) is 0 Å². The molecule has 0 aliphatic heterocycles. The van der Waals surface area contributed by atoms with Gasteiger partial charge in [0.2, 0.25) is 0 Å². The number of rotatable bonds is 10. The molecule has 4 rings (SSSR count). The fraction of sp³-hybridized carbons (Fsp3) is 0.647. The van der Waals surface area contributed by atoms with Crippen molar-refractivity contribution in [3.05, 3.63) is 59.7 Å². The smallest absolute Gasteiger partial charge is 0.0162 e. The van der Waals surface area contributed by atoms with Crippen LogP contribution in [0, 0.1) is 11.3 Å². The van der Waals surface area contributed by atoms with E-state index in [1.54, 1.807) is 11.1 Å². The van der Waals surface area contributed by atoms with E-state index in [0.29, 0.717) is 5.41 Å². The zero-order valence-electron chi connectivity index (χ0n) is 22.5. The SMILES string of the molecule is CCCCCCCC1(C)CCC(c2ccc(-c3ccc(C4CCC(CC)CC4)cc3)cc2)CC1. The molecule has 2 aromatic rings. The molecule has 0 atom stereocenters. The molecule has 0 aromatic heterocycles. The van der Waals surface area contributed by atoms with Crippen LogP contribution in [0.2, 0.25) is 0 Å². The molecule has 0 heteroatoms. The zero-order chi connectivity index (χ0) is 23.8. The van der Waals surface area contributed by atoms with Gasteiger partial charge in [0.05, 0.1) is 0 Å². The van der Waals surface area contributed by atoms with Gasteiger partial charge in [0.1, 0.15) is 0 Å². The monoisotopic (exact) mass is 458 g/mol. The van der Waals surface area contributed by atoms with E-state index in [0.717, 1.165) is 17.8 Å². The Bertz CT molecular complexity index is 827. The van der Waals surface area contributed by atoms with Crippen LogP contribution < -0.4 is 0 Å². The van der Waals surface area contributed by atoms with E-state index in [9.17, 15) is 0 Å². The first-order valence-electron chi connectivity index (χ1n) is 14.8. The lowest BCUT2D eigenvalue weighted by Gasteiger charge is -2.38. The van der Waals surface area contributed by atoms with E-state index < -0.39 is 0 Å². The molecule has 0 radical (unpaired) electrons. The maximum absolute atomic E-state index is 2.56. The van der Waals surface area contributed by atoms with Crippen molar-refractivity contribution >= 4 is 0 Å². The highest BCUT2D eigenvalue weighted by atomic mass is 14.4. The second-order valence-electron chi connectivity index (χ2n) is 12.1. The van der Waals surface area contributed by atoms with Gasteiger partial charge in [-0.15, -0.1) is 0 Å². The Balaban J connectivity index is 1.27. The quantitative estimate of drug-likeness (QED) is 0.310. The molecule has 0 amide bonds. The first-order chi connectivity index (χ1) is 16.6. The summed E-state index contributed by atoms with van der Waals surface area (Å²) in [6.45, 7) is 7.22. The number of hydrogen-bond donors (Lipinski definition) is 0. The molecule has 2 aliphatic rings. The van der Waals surface area contributed by atoms with Gasteiger partial charge in [-0.2, -0.15) is 0 Å². The van der Waals surface area contributed by atoms with Crippen LogP contribution in [0.25, 0.3) is 11.1 Å². The zero-order valence-corrected chi connectivity index (χ0v) is 22.5. The summed E-state index contributed by atoms with van der Waals surface area (Å²) < 4.78 is 0. The summed E-state index contributed by atoms with van der Waals surface area (Å²) in [5, 5.41) is 0. The van der Waals surface area contributed by atoms with Gasteiger partial charge in [-0.1, -0.05) is 108 Å². The molecule has 0 unspecified atom stereocenters. The van der Waals surface area contributed by atoms with E-state index in [1.165, 1.54) is 107 Å². The predicted molar refractivity (Wildman–Crippen MR) is 150 cm³/mol. The first-order valence-corrected chi connectivity index (χ1v) is 14.8. The summed E-state index contributed by atoms with van der Waals surface area (Å²) in [4.78, 5) is 0. The van der Waals surface area contributed by atoms with E-state index in [-0.39, 0.29) is 0 Å². The largest absolute Gasteiger partial charge is 0.0654 e. The second-order valence-corrected chi connectivity index (χ2v) is 12.1. The predicted octanol–water partition coefficient (Wildman–Crippen LogP) is 11.1. The van der Waals surface area contributed by atoms with Crippen molar-refractivity contribution in [2.75, 3.05) is 0 Å². The lowest BCUT2D eigenvalue weighted by atomic mass is 9.68. The van der Waals surface area contributed by atoms with Crippen LogP contribution in [-0.4, -0.2) is 0 Å². The topological polar surface area (TPSA) is 0 Å². The summed E-state index contributed by atoms with van der Waals surface area (Å²) in [6.07, 6.45) is 21.1. The van der Waals surface area contributed by atoms with E-state index in [2.05, 4.69) is 69.3 Å². The fourth-order valence-corrected chi connectivity index (χ4v) is 6.85. The van der Waals surface area contributed by atoms with Crippen molar-refractivity contribution in [3.8, 4) is 11.1 Å². The van der Waals surface area contributed by atoms with Crippen molar-refractivity contribution in [1.29, 1.82) is 0 Å². The van der Waals surface area contributed by atoms with E-state index in [4.69, 9.17) is 0 Å². The van der Waals surface area contributed by atoms with Gasteiger partial charge in [0.15, 0.2) is 0 Å². The Kier molecular flexibility index (Phi) is 9.32. The molecule has 2 aromatic carbocycles. The third-order valence-corrected chi connectivity index (χ3v) is 9.60. The molecule has 0 spiro atoms. The van der Waals surface area contributed by atoms with Crippen LogP contribution in [0.4, 0.5) is 0 Å². The average molecular weight is 459 g/mol. The van der Waals surface area contributed by atoms with Gasteiger partial charge in [0, 0.05) is 0 Å². The minimum Gasteiger partial charge on any atom is -0.0654 e.